The van der Waals surface area contributed by atoms with Crippen LogP contribution in [0.3, 0.4) is 0 Å². The van der Waals surface area contributed by atoms with Crippen molar-refractivity contribution >= 4 is 9.84 Å². The van der Waals surface area contributed by atoms with Gasteiger partial charge in [-0.05, 0) is 85.0 Å². The van der Waals surface area contributed by atoms with E-state index in [0.717, 1.165) is 24.0 Å². The maximum absolute atomic E-state index is 11.6. The topological polar surface area (TPSA) is 89.6 Å². The summed E-state index contributed by atoms with van der Waals surface area (Å²) in [5.41, 5.74) is 12.5. The summed E-state index contributed by atoms with van der Waals surface area (Å²) in [6.45, 7) is 4.26. The second kappa shape index (κ2) is 7.42. The fourth-order valence-corrected chi connectivity index (χ4v) is 6.22. The summed E-state index contributed by atoms with van der Waals surface area (Å²) in [5.74, 6) is 0.742. The highest BCUT2D eigenvalue weighted by molar-refractivity contribution is 7.91. The Balaban J connectivity index is 1.56. The van der Waals surface area contributed by atoms with Crippen molar-refractivity contribution in [2.45, 2.75) is 51.2 Å². The molecule has 1 aliphatic carbocycles. The molecule has 0 radical (unpaired) electrons. The fourth-order valence-electron chi connectivity index (χ4n) is 4.63. The number of benzene rings is 2. The molecule has 0 saturated carbocycles. The van der Waals surface area contributed by atoms with Crippen LogP contribution in [-0.4, -0.2) is 37.2 Å². The number of rotatable bonds is 4. The van der Waals surface area contributed by atoms with Crippen LogP contribution in [0.4, 0.5) is 0 Å². The van der Waals surface area contributed by atoms with Crippen LogP contribution < -0.4 is 10.5 Å². The molecule has 0 unspecified atom stereocenters. The van der Waals surface area contributed by atoms with Gasteiger partial charge in [0, 0.05) is 6.04 Å². The molecule has 0 aromatic heterocycles. The Labute approximate surface area is 172 Å². The maximum atomic E-state index is 11.6. The second-order valence-electron chi connectivity index (χ2n) is 8.62. The van der Waals surface area contributed by atoms with Gasteiger partial charge in [0.1, 0.15) is 18.0 Å². The molecule has 1 heterocycles. The summed E-state index contributed by atoms with van der Waals surface area (Å²) in [5, 5.41) is 10.7. The third-order valence-corrected chi connectivity index (χ3v) is 8.01. The first-order valence-corrected chi connectivity index (χ1v) is 12.0. The Morgan fingerprint density at radius 3 is 2.48 bits per heavy atom. The predicted octanol–water partition coefficient (Wildman–Crippen LogP) is 3.23. The molecule has 2 aromatic rings. The third kappa shape index (κ3) is 4.06. The largest absolute Gasteiger partial charge is 0.491 e. The molecule has 1 aliphatic heterocycles. The summed E-state index contributed by atoms with van der Waals surface area (Å²) >= 11 is 0. The Hall–Kier alpha value is -1.89. The van der Waals surface area contributed by atoms with E-state index in [0.29, 0.717) is 5.75 Å². The van der Waals surface area contributed by atoms with Crippen LogP contribution in [-0.2, 0) is 16.3 Å². The molecule has 3 N–H and O–H groups in total. The Morgan fingerprint density at radius 1 is 1.17 bits per heavy atom. The minimum absolute atomic E-state index is 0.0190. The van der Waals surface area contributed by atoms with Crippen molar-refractivity contribution in [2.75, 3.05) is 18.1 Å². The molecule has 2 aromatic carbocycles. The number of nitrogens with two attached hydrogens (primary N) is 1. The van der Waals surface area contributed by atoms with Gasteiger partial charge in [-0.1, -0.05) is 18.2 Å². The molecular formula is C23H29NO4S. The molecule has 156 valence electrons. The highest BCUT2D eigenvalue weighted by Gasteiger charge is 2.36. The fraction of sp³-hybridized carbons (Fsp3) is 0.478. The highest BCUT2D eigenvalue weighted by Crippen LogP contribution is 2.40. The summed E-state index contributed by atoms with van der Waals surface area (Å²) in [6.07, 6.45) is 2.43. The first-order chi connectivity index (χ1) is 13.7. The zero-order valence-electron chi connectivity index (χ0n) is 17.1. The Kier molecular flexibility index (Phi) is 5.21. The van der Waals surface area contributed by atoms with Crippen molar-refractivity contribution in [3.8, 4) is 16.9 Å². The van der Waals surface area contributed by atoms with Crippen molar-refractivity contribution in [2.24, 2.45) is 5.73 Å². The van der Waals surface area contributed by atoms with Crippen LogP contribution in [0.25, 0.3) is 11.1 Å². The van der Waals surface area contributed by atoms with Gasteiger partial charge in [-0.25, -0.2) is 8.42 Å². The van der Waals surface area contributed by atoms with Crippen LogP contribution in [0, 0.1) is 13.8 Å². The zero-order valence-corrected chi connectivity index (χ0v) is 17.9. The molecule has 1 saturated heterocycles. The van der Waals surface area contributed by atoms with Gasteiger partial charge in [-0.15, -0.1) is 0 Å². The van der Waals surface area contributed by atoms with Crippen LogP contribution in [0.5, 0.6) is 5.75 Å². The highest BCUT2D eigenvalue weighted by atomic mass is 32.2. The SMILES string of the molecule is Cc1cc(OCC2(O)CCS(=O)(=O)CC2)cc(C)c1-c1cccc2c1CC[C@H]2N. The number of fused-ring (bicyclic) bond motifs is 1. The number of hydrogen-bond donors (Lipinski definition) is 2. The van der Waals surface area contributed by atoms with Gasteiger partial charge < -0.3 is 15.6 Å². The van der Waals surface area contributed by atoms with Crippen molar-refractivity contribution in [1.29, 1.82) is 0 Å². The van der Waals surface area contributed by atoms with Crippen molar-refractivity contribution in [1.82, 2.24) is 0 Å². The molecule has 4 rings (SSSR count). The molecule has 29 heavy (non-hydrogen) atoms. The summed E-state index contributed by atoms with van der Waals surface area (Å²) in [6, 6.07) is 10.5. The normalized spacial score (nSPS) is 22.3. The second-order valence-corrected chi connectivity index (χ2v) is 10.9. The van der Waals surface area contributed by atoms with E-state index in [-0.39, 0.29) is 37.0 Å². The van der Waals surface area contributed by atoms with E-state index in [9.17, 15) is 13.5 Å². The first kappa shape index (κ1) is 20.4. The van der Waals surface area contributed by atoms with Gasteiger partial charge >= 0.3 is 0 Å². The molecule has 0 amide bonds. The number of sulfone groups is 1. The van der Waals surface area contributed by atoms with Gasteiger partial charge in [-0.3, -0.25) is 0 Å². The minimum atomic E-state index is -3.02. The monoisotopic (exact) mass is 415 g/mol. The lowest BCUT2D eigenvalue weighted by Gasteiger charge is -2.31. The predicted molar refractivity (Wildman–Crippen MR) is 115 cm³/mol. The van der Waals surface area contributed by atoms with Crippen LogP contribution in [0.2, 0.25) is 0 Å². The van der Waals surface area contributed by atoms with Gasteiger partial charge in [0.05, 0.1) is 11.5 Å². The Morgan fingerprint density at radius 2 is 1.83 bits per heavy atom. The van der Waals surface area contributed by atoms with E-state index in [2.05, 4.69) is 32.0 Å². The average molecular weight is 416 g/mol. The maximum Gasteiger partial charge on any atom is 0.150 e. The average Bonchev–Trinajstić information content (AvgIpc) is 3.05. The lowest BCUT2D eigenvalue weighted by Crippen LogP contribution is -2.43. The van der Waals surface area contributed by atoms with Crippen molar-refractivity contribution in [3.05, 3.63) is 52.6 Å². The molecule has 1 atom stereocenters. The van der Waals surface area contributed by atoms with Gasteiger partial charge in [-0.2, -0.15) is 0 Å². The van der Waals surface area contributed by atoms with Crippen LogP contribution in [0.15, 0.2) is 30.3 Å². The van der Waals surface area contributed by atoms with Gasteiger partial charge in [0.25, 0.3) is 0 Å². The smallest absolute Gasteiger partial charge is 0.150 e. The molecule has 2 aliphatic rings. The van der Waals surface area contributed by atoms with Crippen LogP contribution >= 0.6 is 0 Å². The number of aliphatic hydroxyl groups is 1. The van der Waals surface area contributed by atoms with E-state index in [1.54, 1.807) is 0 Å². The number of hydrogen-bond acceptors (Lipinski definition) is 5. The number of ether oxygens (including phenoxy) is 1. The molecule has 0 spiro atoms. The number of aryl methyl sites for hydroxylation is 2. The Bertz CT molecular complexity index is 1010. The molecule has 0 bridgehead atoms. The first-order valence-electron chi connectivity index (χ1n) is 10.2. The molecule has 1 fully saturated rings. The van der Waals surface area contributed by atoms with E-state index in [1.165, 1.54) is 22.3 Å². The summed E-state index contributed by atoms with van der Waals surface area (Å²) in [4.78, 5) is 0. The van der Waals surface area contributed by atoms with E-state index < -0.39 is 15.4 Å². The zero-order chi connectivity index (χ0) is 20.8. The summed E-state index contributed by atoms with van der Waals surface area (Å²) in [7, 11) is -3.02. The summed E-state index contributed by atoms with van der Waals surface area (Å²) < 4.78 is 29.1. The van der Waals surface area contributed by atoms with E-state index >= 15 is 0 Å². The molecule has 5 nitrogen and oxygen atoms in total. The van der Waals surface area contributed by atoms with Crippen molar-refractivity contribution in [3.63, 3.8) is 0 Å². The van der Waals surface area contributed by atoms with Crippen molar-refractivity contribution < 1.29 is 18.3 Å². The van der Waals surface area contributed by atoms with Gasteiger partial charge in [0.15, 0.2) is 9.84 Å². The van der Waals surface area contributed by atoms with Gasteiger partial charge in [0.2, 0.25) is 0 Å². The minimum Gasteiger partial charge on any atom is -0.491 e. The van der Waals surface area contributed by atoms with E-state index in [1.807, 2.05) is 12.1 Å². The lowest BCUT2D eigenvalue weighted by atomic mass is 9.90. The lowest BCUT2D eigenvalue weighted by molar-refractivity contribution is -0.0128. The standard InChI is InChI=1S/C23H29NO4S/c1-15-12-17(28-14-23(25)8-10-29(26,27)11-9-23)13-16(2)22(15)20-5-3-4-19-18(20)6-7-21(19)24/h3-5,12-13,21,25H,6-11,14,24H2,1-2H3/t21-/m1/s1. The van der Waals surface area contributed by atoms with E-state index in [4.69, 9.17) is 10.5 Å². The quantitative estimate of drug-likeness (QED) is 0.800. The third-order valence-electron chi connectivity index (χ3n) is 6.36. The molecule has 6 heteroatoms. The van der Waals surface area contributed by atoms with Crippen LogP contribution in [0.1, 0.15) is 47.6 Å². The molecular weight excluding hydrogens is 386 g/mol.